The lowest BCUT2D eigenvalue weighted by Gasteiger charge is -2.39. The van der Waals surface area contributed by atoms with Gasteiger partial charge in [-0.3, -0.25) is 10.1 Å². The van der Waals surface area contributed by atoms with Crippen molar-refractivity contribution in [3.63, 3.8) is 0 Å². The predicted octanol–water partition coefficient (Wildman–Crippen LogP) is 7.61. The van der Waals surface area contributed by atoms with Gasteiger partial charge < -0.3 is 9.16 Å². The fourth-order valence-corrected chi connectivity index (χ4v) is 7.50. The average Bonchev–Trinajstić information content (AvgIpc) is 2.88. The molecule has 1 N–H and O–H groups in total. The molecular formula is C28H34Br2N2O6SSi. The summed E-state index contributed by atoms with van der Waals surface area (Å²) < 4.78 is 43.0. The van der Waals surface area contributed by atoms with E-state index in [1.165, 1.54) is 24.3 Å². The zero-order chi connectivity index (χ0) is 29.7. The number of non-ortho nitro benzene ring substituents is 1. The molecule has 3 rings (SSSR count). The molecule has 0 saturated carbocycles. The number of ether oxygens (including phenoxy) is 1. The Morgan fingerprint density at radius 2 is 1.57 bits per heavy atom. The van der Waals surface area contributed by atoms with E-state index in [9.17, 15) is 18.5 Å². The largest absolute Gasteiger partial charge is 0.489 e. The van der Waals surface area contributed by atoms with E-state index in [0.717, 1.165) is 20.1 Å². The number of halogens is 2. The first kappa shape index (κ1) is 32.4. The van der Waals surface area contributed by atoms with Gasteiger partial charge in [-0.25, -0.2) is 13.1 Å². The molecule has 3 aromatic carbocycles. The number of nitro benzene ring substituents is 1. The molecule has 0 bridgehead atoms. The summed E-state index contributed by atoms with van der Waals surface area (Å²) >= 11 is 7.34. The highest BCUT2D eigenvalue weighted by molar-refractivity contribution is 9.11. The van der Waals surface area contributed by atoms with Crippen LogP contribution in [0.1, 0.15) is 31.9 Å². The van der Waals surface area contributed by atoms with Crippen LogP contribution in [-0.4, -0.2) is 34.3 Å². The van der Waals surface area contributed by atoms with Crippen LogP contribution in [-0.2, 0) is 27.5 Å². The molecule has 0 saturated heterocycles. The summed E-state index contributed by atoms with van der Waals surface area (Å²) in [6.45, 7) is 11.1. The smallest absolute Gasteiger partial charge is 0.269 e. The molecule has 12 heteroatoms. The molecule has 0 spiro atoms. The van der Waals surface area contributed by atoms with Crippen molar-refractivity contribution in [2.75, 3.05) is 6.54 Å². The number of nitro groups is 1. The van der Waals surface area contributed by atoms with Gasteiger partial charge in [-0.15, -0.1) is 0 Å². The second kappa shape index (κ2) is 13.3. The molecular weight excluding hydrogens is 680 g/mol. The van der Waals surface area contributed by atoms with Gasteiger partial charge in [-0.05, 0) is 53.5 Å². The van der Waals surface area contributed by atoms with Crippen molar-refractivity contribution in [2.45, 2.75) is 62.9 Å². The summed E-state index contributed by atoms with van der Waals surface area (Å²) in [5, 5.41) is 10.9. The van der Waals surface area contributed by atoms with Gasteiger partial charge in [0.05, 0.1) is 15.9 Å². The molecule has 0 fully saturated rings. The maximum Gasteiger partial charge on any atom is 0.269 e. The molecule has 0 aliphatic carbocycles. The van der Waals surface area contributed by atoms with Crippen molar-refractivity contribution in [2.24, 2.45) is 0 Å². The quantitative estimate of drug-likeness (QED) is 0.118. The van der Waals surface area contributed by atoms with Crippen molar-refractivity contribution in [3.8, 4) is 5.75 Å². The minimum atomic E-state index is -3.92. The fourth-order valence-electron chi connectivity index (χ4n) is 3.61. The highest BCUT2D eigenvalue weighted by Crippen LogP contribution is 2.39. The Kier molecular flexibility index (Phi) is 10.7. The molecule has 3 aromatic rings. The van der Waals surface area contributed by atoms with Crippen LogP contribution in [0.25, 0.3) is 0 Å². The Labute approximate surface area is 254 Å². The Morgan fingerprint density at radius 3 is 2.10 bits per heavy atom. The number of hydrogen-bond donors (Lipinski definition) is 1. The number of sulfonamides is 1. The molecule has 216 valence electrons. The van der Waals surface area contributed by atoms with Crippen LogP contribution in [0.3, 0.4) is 0 Å². The third-order valence-corrected chi connectivity index (χ3v) is 14.3. The molecule has 40 heavy (non-hydrogen) atoms. The topological polar surface area (TPSA) is 108 Å². The van der Waals surface area contributed by atoms with Crippen LogP contribution in [0.15, 0.2) is 80.6 Å². The van der Waals surface area contributed by atoms with Gasteiger partial charge >= 0.3 is 0 Å². The lowest BCUT2D eigenvalue weighted by atomic mass is 10.1. The SMILES string of the molecule is CC(C)(C)[Si](C)(C)O[C@H](CNS(=O)(=O)c1ccc([N+](=O)[O-])cc1)Cc1c(Br)cc(OCc2ccccc2)cc1Br. The van der Waals surface area contributed by atoms with Crippen LogP contribution in [0.4, 0.5) is 5.69 Å². The molecule has 0 amide bonds. The molecule has 8 nitrogen and oxygen atoms in total. The second-order valence-corrected chi connectivity index (χ2v) is 19.2. The Balaban J connectivity index is 1.82. The van der Waals surface area contributed by atoms with E-state index in [4.69, 9.17) is 9.16 Å². The van der Waals surface area contributed by atoms with Gasteiger partial charge in [0, 0.05) is 34.0 Å². The minimum Gasteiger partial charge on any atom is -0.489 e. The molecule has 0 heterocycles. The van der Waals surface area contributed by atoms with Gasteiger partial charge in [0.25, 0.3) is 5.69 Å². The molecule has 0 aromatic heterocycles. The molecule has 0 aliphatic rings. The van der Waals surface area contributed by atoms with Crippen molar-refractivity contribution in [1.29, 1.82) is 0 Å². The lowest BCUT2D eigenvalue weighted by molar-refractivity contribution is -0.384. The summed E-state index contributed by atoms with van der Waals surface area (Å²) in [4.78, 5) is 10.3. The molecule has 0 aliphatic heterocycles. The summed E-state index contributed by atoms with van der Waals surface area (Å²) in [6.07, 6.45) is -0.0486. The van der Waals surface area contributed by atoms with Crippen molar-refractivity contribution < 1.29 is 22.5 Å². The zero-order valence-corrected chi connectivity index (χ0v) is 28.1. The van der Waals surface area contributed by atoms with E-state index in [0.29, 0.717) is 18.8 Å². The van der Waals surface area contributed by atoms with Gasteiger partial charge in [0.15, 0.2) is 8.32 Å². The minimum absolute atomic E-state index is 0.0248. The third-order valence-electron chi connectivity index (χ3n) is 6.92. The summed E-state index contributed by atoms with van der Waals surface area (Å²) in [5.41, 5.74) is 1.80. The van der Waals surface area contributed by atoms with Gasteiger partial charge in [0.1, 0.15) is 12.4 Å². The number of nitrogens with zero attached hydrogens (tertiary/aromatic N) is 1. The monoisotopic (exact) mass is 712 g/mol. The number of benzene rings is 3. The van der Waals surface area contributed by atoms with E-state index in [1.54, 1.807) is 0 Å². The maximum atomic E-state index is 13.0. The van der Waals surface area contributed by atoms with Gasteiger partial charge in [-0.2, -0.15) is 0 Å². The zero-order valence-electron chi connectivity index (χ0n) is 23.1. The summed E-state index contributed by atoms with van der Waals surface area (Å²) in [7, 11) is -6.20. The van der Waals surface area contributed by atoms with Crippen molar-refractivity contribution in [1.82, 2.24) is 4.72 Å². The predicted molar refractivity (Wildman–Crippen MR) is 167 cm³/mol. The van der Waals surface area contributed by atoms with Crippen molar-refractivity contribution >= 4 is 55.9 Å². The van der Waals surface area contributed by atoms with Crippen LogP contribution in [0, 0.1) is 10.1 Å². The Hall–Kier alpha value is -2.09. The molecule has 0 radical (unpaired) electrons. The Morgan fingerprint density at radius 1 is 1.00 bits per heavy atom. The standard InChI is InChI=1S/C28H34Br2N2O6SSi/c1-28(2,3)40(4,5)38-23(18-31-39(35,36)24-13-11-21(12-14-24)32(33)34)15-25-26(29)16-22(17-27(25)30)37-19-20-9-7-6-8-10-20/h6-14,16-17,23,31H,15,18-19H2,1-5H3/t23-/m0/s1. The highest BCUT2D eigenvalue weighted by Gasteiger charge is 2.39. The van der Waals surface area contributed by atoms with Crippen molar-refractivity contribution in [3.05, 3.63) is 96.9 Å². The van der Waals surface area contributed by atoms with E-state index in [1.807, 2.05) is 42.5 Å². The average molecular weight is 715 g/mol. The van der Waals surface area contributed by atoms with E-state index in [2.05, 4.69) is 70.4 Å². The first-order chi connectivity index (χ1) is 18.6. The van der Waals surface area contributed by atoms with Crippen LogP contribution in [0.2, 0.25) is 18.1 Å². The van der Waals surface area contributed by atoms with Gasteiger partial charge in [0.2, 0.25) is 10.0 Å². The summed E-state index contributed by atoms with van der Waals surface area (Å²) in [5.74, 6) is 0.687. The third kappa shape index (κ3) is 8.70. The normalized spacial score (nSPS) is 13.2. The summed E-state index contributed by atoms with van der Waals surface area (Å²) in [6, 6.07) is 18.5. The lowest BCUT2D eigenvalue weighted by Crippen LogP contribution is -2.47. The number of hydrogen-bond acceptors (Lipinski definition) is 6. The molecule has 0 unspecified atom stereocenters. The number of nitrogens with one attached hydrogen (secondary N) is 1. The van der Waals surface area contributed by atoms with E-state index >= 15 is 0 Å². The van der Waals surface area contributed by atoms with Crippen LogP contribution in [0.5, 0.6) is 5.75 Å². The second-order valence-electron chi connectivity index (χ2n) is 10.9. The number of rotatable bonds is 12. The Bertz CT molecular complexity index is 1410. The highest BCUT2D eigenvalue weighted by atomic mass is 79.9. The first-order valence-corrected chi connectivity index (χ1v) is 18.6. The van der Waals surface area contributed by atoms with E-state index in [-0.39, 0.29) is 22.2 Å². The first-order valence-electron chi connectivity index (χ1n) is 12.7. The van der Waals surface area contributed by atoms with Crippen LogP contribution >= 0.6 is 31.9 Å². The fraction of sp³-hybridized carbons (Fsp3) is 0.357. The van der Waals surface area contributed by atoms with E-state index < -0.39 is 29.4 Å². The maximum absolute atomic E-state index is 13.0. The van der Waals surface area contributed by atoms with Gasteiger partial charge in [-0.1, -0.05) is 83.0 Å². The molecule has 1 atom stereocenters. The van der Waals surface area contributed by atoms with Crippen LogP contribution < -0.4 is 9.46 Å².